The second-order valence-corrected chi connectivity index (χ2v) is 6.13. The standard InChI is InChI=1S/C16H18ClN5O/c1-11-4-5-14(18-7-11)21-15(23)12-3-2-6-22(10-12)16-19-8-13(17)9-20-16/h4-5,7-9,12H,2-3,6,10H2,1H3,(H,18,21,23). The van der Waals surface area contributed by atoms with Gasteiger partial charge < -0.3 is 10.2 Å². The second-order valence-electron chi connectivity index (χ2n) is 5.70. The molecule has 0 bridgehead atoms. The summed E-state index contributed by atoms with van der Waals surface area (Å²) in [6, 6.07) is 3.74. The predicted molar refractivity (Wildman–Crippen MR) is 89.6 cm³/mol. The van der Waals surface area contributed by atoms with Gasteiger partial charge in [-0.15, -0.1) is 0 Å². The van der Waals surface area contributed by atoms with E-state index in [1.54, 1.807) is 18.6 Å². The Balaban J connectivity index is 1.64. The number of aryl methyl sites for hydroxylation is 1. The molecule has 0 saturated carbocycles. The number of anilines is 2. The van der Waals surface area contributed by atoms with Crippen LogP contribution in [0.25, 0.3) is 0 Å². The van der Waals surface area contributed by atoms with Crippen LogP contribution in [-0.2, 0) is 4.79 Å². The van der Waals surface area contributed by atoms with Crippen molar-refractivity contribution < 1.29 is 4.79 Å². The van der Waals surface area contributed by atoms with Gasteiger partial charge in [-0.3, -0.25) is 4.79 Å². The molecule has 1 fully saturated rings. The maximum absolute atomic E-state index is 12.4. The van der Waals surface area contributed by atoms with Gasteiger partial charge in [0.15, 0.2) is 0 Å². The fraction of sp³-hybridized carbons (Fsp3) is 0.375. The summed E-state index contributed by atoms with van der Waals surface area (Å²) in [6.07, 6.45) is 6.66. The first-order valence-electron chi connectivity index (χ1n) is 7.58. The first-order valence-corrected chi connectivity index (χ1v) is 7.95. The molecule has 1 aliphatic rings. The van der Waals surface area contributed by atoms with Crippen LogP contribution < -0.4 is 10.2 Å². The first kappa shape index (κ1) is 15.7. The third kappa shape index (κ3) is 3.96. The minimum Gasteiger partial charge on any atom is -0.340 e. The number of hydrogen-bond donors (Lipinski definition) is 1. The topological polar surface area (TPSA) is 71.0 Å². The Morgan fingerprint density at radius 1 is 1.26 bits per heavy atom. The summed E-state index contributed by atoms with van der Waals surface area (Å²) in [4.78, 5) is 27.1. The van der Waals surface area contributed by atoms with Crippen LogP contribution in [-0.4, -0.2) is 33.9 Å². The van der Waals surface area contributed by atoms with Crippen molar-refractivity contribution in [2.45, 2.75) is 19.8 Å². The number of halogens is 1. The lowest BCUT2D eigenvalue weighted by Crippen LogP contribution is -2.41. The first-order chi connectivity index (χ1) is 11.1. The van der Waals surface area contributed by atoms with Gasteiger partial charge in [0.05, 0.1) is 23.3 Å². The molecule has 1 atom stereocenters. The molecular weight excluding hydrogens is 314 g/mol. The van der Waals surface area contributed by atoms with E-state index >= 15 is 0 Å². The number of aromatic nitrogens is 3. The van der Waals surface area contributed by atoms with E-state index in [0.717, 1.165) is 24.9 Å². The average Bonchev–Trinajstić information content (AvgIpc) is 2.58. The normalized spacial score (nSPS) is 17.8. The number of nitrogens with zero attached hydrogens (tertiary/aromatic N) is 4. The molecule has 0 aromatic carbocycles. The minimum absolute atomic E-state index is 0.0139. The summed E-state index contributed by atoms with van der Waals surface area (Å²) in [5, 5.41) is 3.39. The molecule has 1 saturated heterocycles. The van der Waals surface area contributed by atoms with Gasteiger partial charge in [-0.05, 0) is 31.4 Å². The molecule has 23 heavy (non-hydrogen) atoms. The lowest BCUT2D eigenvalue weighted by atomic mass is 9.97. The molecule has 1 unspecified atom stereocenters. The second kappa shape index (κ2) is 6.91. The number of nitrogens with one attached hydrogen (secondary N) is 1. The zero-order valence-corrected chi connectivity index (χ0v) is 13.6. The maximum Gasteiger partial charge on any atom is 0.230 e. The molecule has 1 aliphatic heterocycles. The highest BCUT2D eigenvalue weighted by molar-refractivity contribution is 6.30. The van der Waals surface area contributed by atoms with E-state index in [2.05, 4.69) is 20.3 Å². The van der Waals surface area contributed by atoms with Crippen molar-refractivity contribution in [1.29, 1.82) is 0 Å². The van der Waals surface area contributed by atoms with Crippen LogP contribution in [0.2, 0.25) is 5.02 Å². The Morgan fingerprint density at radius 3 is 2.74 bits per heavy atom. The summed E-state index contributed by atoms with van der Waals surface area (Å²) in [6.45, 7) is 3.40. The SMILES string of the molecule is Cc1ccc(NC(=O)C2CCCN(c3ncc(Cl)cn3)C2)nc1. The van der Waals surface area contributed by atoms with Crippen LogP contribution in [0.5, 0.6) is 0 Å². The predicted octanol–water partition coefficient (Wildman–Crippen LogP) is 2.69. The number of carbonyl (C=O) groups is 1. The Labute approximate surface area is 139 Å². The lowest BCUT2D eigenvalue weighted by molar-refractivity contribution is -0.120. The van der Waals surface area contributed by atoms with Crippen LogP contribution in [0.15, 0.2) is 30.7 Å². The van der Waals surface area contributed by atoms with E-state index in [1.165, 1.54) is 0 Å². The monoisotopic (exact) mass is 331 g/mol. The molecule has 6 nitrogen and oxygen atoms in total. The smallest absolute Gasteiger partial charge is 0.230 e. The molecule has 1 amide bonds. The van der Waals surface area contributed by atoms with E-state index in [-0.39, 0.29) is 11.8 Å². The van der Waals surface area contributed by atoms with Crippen LogP contribution in [0, 0.1) is 12.8 Å². The quantitative estimate of drug-likeness (QED) is 0.936. The van der Waals surface area contributed by atoms with Gasteiger partial charge in [-0.2, -0.15) is 0 Å². The van der Waals surface area contributed by atoms with E-state index in [1.807, 2.05) is 24.0 Å². The number of pyridine rings is 1. The molecule has 120 valence electrons. The van der Waals surface area contributed by atoms with E-state index in [9.17, 15) is 4.79 Å². The summed E-state index contributed by atoms with van der Waals surface area (Å²) in [5.41, 5.74) is 1.06. The minimum atomic E-state index is -0.105. The van der Waals surface area contributed by atoms with Gasteiger partial charge in [0.25, 0.3) is 0 Å². The van der Waals surface area contributed by atoms with Gasteiger partial charge in [0.1, 0.15) is 5.82 Å². The zero-order chi connectivity index (χ0) is 16.2. The largest absolute Gasteiger partial charge is 0.340 e. The molecule has 3 rings (SSSR count). The number of hydrogen-bond acceptors (Lipinski definition) is 5. The summed E-state index contributed by atoms with van der Waals surface area (Å²) in [5.74, 6) is 1.08. The Kier molecular flexibility index (Phi) is 4.71. The number of carbonyl (C=O) groups excluding carboxylic acids is 1. The zero-order valence-electron chi connectivity index (χ0n) is 12.9. The van der Waals surface area contributed by atoms with Crippen molar-refractivity contribution in [2.24, 2.45) is 5.92 Å². The van der Waals surface area contributed by atoms with Crippen LogP contribution >= 0.6 is 11.6 Å². The van der Waals surface area contributed by atoms with E-state index in [4.69, 9.17) is 11.6 Å². The van der Waals surface area contributed by atoms with Crippen molar-refractivity contribution in [3.8, 4) is 0 Å². The summed E-state index contributed by atoms with van der Waals surface area (Å²) in [7, 11) is 0. The molecule has 2 aromatic rings. The van der Waals surface area contributed by atoms with Crippen LogP contribution in [0.3, 0.4) is 0 Å². The lowest BCUT2D eigenvalue weighted by Gasteiger charge is -2.31. The van der Waals surface area contributed by atoms with Gasteiger partial charge in [0.2, 0.25) is 11.9 Å². The highest BCUT2D eigenvalue weighted by atomic mass is 35.5. The number of piperidine rings is 1. The Hall–Kier alpha value is -2.21. The molecule has 0 spiro atoms. The van der Waals surface area contributed by atoms with Gasteiger partial charge in [-0.1, -0.05) is 17.7 Å². The van der Waals surface area contributed by atoms with Crippen LogP contribution in [0.1, 0.15) is 18.4 Å². The van der Waals surface area contributed by atoms with Crippen molar-refractivity contribution in [2.75, 3.05) is 23.3 Å². The Morgan fingerprint density at radius 2 is 2.04 bits per heavy atom. The average molecular weight is 332 g/mol. The van der Waals surface area contributed by atoms with Crippen LogP contribution in [0.4, 0.5) is 11.8 Å². The van der Waals surface area contributed by atoms with Crippen molar-refractivity contribution in [1.82, 2.24) is 15.0 Å². The van der Waals surface area contributed by atoms with Crippen molar-refractivity contribution in [3.63, 3.8) is 0 Å². The van der Waals surface area contributed by atoms with Gasteiger partial charge >= 0.3 is 0 Å². The molecule has 0 aliphatic carbocycles. The number of rotatable bonds is 3. The summed E-state index contributed by atoms with van der Waals surface area (Å²) < 4.78 is 0. The van der Waals surface area contributed by atoms with Crippen molar-refractivity contribution in [3.05, 3.63) is 41.3 Å². The fourth-order valence-corrected chi connectivity index (χ4v) is 2.71. The summed E-state index contributed by atoms with van der Waals surface area (Å²) >= 11 is 5.82. The third-order valence-corrected chi connectivity index (χ3v) is 4.04. The fourth-order valence-electron chi connectivity index (χ4n) is 2.61. The van der Waals surface area contributed by atoms with Gasteiger partial charge in [0, 0.05) is 19.3 Å². The molecule has 2 aromatic heterocycles. The molecule has 1 N–H and O–H groups in total. The third-order valence-electron chi connectivity index (χ3n) is 3.84. The molecule has 3 heterocycles. The molecule has 0 radical (unpaired) electrons. The maximum atomic E-state index is 12.4. The molecular formula is C16H18ClN5O. The highest BCUT2D eigenvalue weighted by Crippen LogP contribution is 2.22. The van der Waals surface area contributed by atoms with E-state index in [0.29, 0.717) is 23.3 Å². The van der Waals surface area contributed by atoms with Crippen molar-refractivity contribution >= 4 is 29.3 Å². The molecule has 7 heteroatoms. The Bertz CT molecular complexity index is 674. The number of amides is 1. The highest BCUT2D eigenvalue weighted by Gasteiger charge is 2.27. The van der Waals surface area contributed by atoms with E-state index < -0.39 is 0 Å². The van der Waals surface area contributed by atoms with Gasteiger partial charge in [-0.25, -0.2) is 15.0 Å².